The minimum absolute atomic E-state index is 0.0687. The molecule has 2 aliphatic heterocycles. The largest absolute Gasteiger partial charge is 0.508 e. The van der Waals surface area contributed by atoms with E-state index in [0.29, 0.717) is 10.0 Å². The molecule has 4 atom stereocenters. The number of nitrogens with one attached hydrogen (secondary N) is 1. The van der Waals surface area contributed by atoms with Crippen molar-refractivity contribution >= 4 is 33.7 Å². The fourth-order valence-corrected chi connectivity index (χ4v) is 4.74. The summed E-state index contributed by atoms with van der Waals surface area (Å²) < 4.78 is 0.672. The second kappa shape index (κ2) is 6.96. The number of halogens is 1. The van der Waals surface area contributed by atoms with Crippen LogP contribution in [0.4, 0.5) is 0 Å². The van der Waals surface area contributed by atoms with Gasteiger partial charge in [-0.3, -0.25) is 24.6 Å². The molecule has 0 aliphatic carbocycles. The van der Waals surface area contributed by atoms with Crippen LogP contribution in [-0.2, 0) is 20.9 Å². The fourth-order valence-electron chi connectivity index (χ4n) is 4.36. The number of benzene rings is 2. The lowest BCUT2D eigenvalue weighted by atomic mass is 9.80. The van der Waals surface area contributed by atoms with Crippen molar-refractivity contribution in [3.8, 4) is 5.75 Å². The molecular weight excluding hydrogens is 440 g/mol. The first-order chi connectivity index (χ1) is 13.7. The van der Waals surface area contributed by atoms with Crippen molar-refractivity contribution in [1.29, 1.82) is 0 Å². The van der Waals surface area contributed by atoms with Crippen LogP contribution < -0.4 is 5.32 Å². The highest BCUT2D eigenvalue weighted by Gasteiger charge is 2.66. The van der Waals surface area contributed by atoms with E-state index in [1.165, 1.54) is 13.0 Å². The molecule has 29 heavy (non-hydrogen) atoms. The third-order valence-corrected chi connectivity index (χ3v) is 6.32. The molecule has 4 rings (SSSR count). The Hall–Kier alpha value is -2.71. The molecule has 150 valence electrons. The molecule has 0 bridgehead atoms. The maximum atomic E-state index is 13.3. The maximum Gasteiger partial charge on any atom is 0.324 e. The Kier molecular flexibility index (Phi) is 4.71. The topological polar surface area (TPSA) is 107 Å². The number of amides is 2. The van der Waals surface area contributed by atoms with E-state index in [0.717, 1.165) is 10.5 Å². The Bertz CT molecular complexity index is 1010. The lowest BCUT2D eigenvalue weighted by Crippen LogP contribution is -2.53. The third-order valence-electron chi connectivity index (χ3n) is 5.83. The number of nitrogens with zero attached hydrogens (tertiary/aromatic N) is 1. The minimum Gasteiger partial charge on any atom is -0.508 e. The van der Waals surface area contributed by atoms with Crippen LogP contribution in [0.25, 0.3) is 0 Å². The molecule has 2 aromatic carbocycles. The van der Waals surface area contributed by atoms with Gasteiger partial charge in [0.2, 0.25) is 11.8 Å². The van der Waals surface area contributed by atoms with Gasteiger partial charge in [0.15, 0.2) is 0 Å². The summed E-state index contributed by atoms with van der Waals surface area (Å²) >= 11 is 3.34. The molecule has 0 radical (unpaired) electrons. The van der Waals surface area contributed by atoms with E-state index in [1.807, 2.05) is 18.2 Å². The van der Waals surface area contributed by atoms with Crippen molar-refractivity contribution in [2.24, 2.45) is 11.8 Å². The lowest BCUT2D eigenvalue weighted by Gasteiger charge is -2.27. The molecule has 0 unspecified atom stereocenters. The summed E-state index contributed by atoms with van der Waals surface area (Å²) in [5.41, 5.74) is -0.481. The maximum absolute atomic E-state index is 13.3. The Morgan fingerprint density at radius 3 is 2.52 bits per heavy atom. The molecule has 0 saturated carbocycles. The summed E-state index contributed by atoms with van der Waals surface area (Å²) in [6, 6.07) is 13.0. The van der Waals surface area contributed by atoms with Crippen LogP contribution in [-0.4, -0.2) is 38.4 Å². The SMILES string of the molecule is C[C@]1(C(=O)O)N[C@H](c2cc(Br)ccc2O)[C@@H]2C(=O)N(Cc3ccccc3)C(=O)[C@H]21. The van der Waals surface area contributed by atoms with Crippen molar-refractivity contribution < 1.29 is 24.6 Å². The molecular formula is C21H19BrN2O5. The van der Waals surface area contributed by atoms with Gasteiger partial charge in [0.25, 0.3) is 0 Å². The molecule has 2 aliphatic rings. The van der Waals surface area contributed by atoms with Crippen LogP contribution >= 0.6 is 15.9 Å². The van der Waals surface area contributed by atoms with Crippen molar-refractivity contribution in [2.45, 2.75) is 25.0 Å². The standard InChI is InChI=1S/C21H19BrN2O5/c1-21(20(28)29)16-15(17(23-21)13-9-12(22)7-8-14(13)25)18(26)24(19(16)27)10-11-5-3-2-4-6-11/h2-9,15-17,23,25H,10H2,1H3,(H,28,29)/t15-,16+,17-,21+/m1/s1. The number of phenolic OH excluding ortho intramolecular Hbond substituents is 1. The highest BCUT2D eigenvalue weighted by Crippen LogP contribution is 2.50. The predicted octanol–water partition coefficient (Wildman–Crippen LogP) is 2.44. The monoisotopic (exact) mass is 458 g/mol. The van der Waals surface area contributed by atoms with Crippen molar-refractivity contribution in [2.75, 3.05) is 0 Å². The van der Waals surface area contributed by atoms with E-state index in [9.17, 15) is 24.6 Å². The molecule has 0 spiro atoms. The number of carboxylic acids is 1. The molecule has 8 heteroatoms. The minimum atomic E-state index is -1.64. The summed E-state index contributed by atoms with van der Waals surface area (Å²) in [4.78, 5) is 39.7. The molecule has 2 saturated heterocycles. The summed E-state index contributed by atoms with van der Waals surface area (Å²) in [5, 5.41) is 23.2. The quantitative estimate of drug-likeness (QED) is 0.607. The second-order valence-electron chi connectivity index (χ2n) is 7.58. The van der Waals surface area contributed by atoms with E-state index in [-0.39, 0.29) is 12.3 Å². The first-order valence-electron chi connectivity index (χ1n) is 9.12. The van der Waals surface area contributed by atoms with Crippen molar-refractivity contribution in [3.63, 3.8) is 0 Å². The molecule has 2 heterocycles. The van der Waals surface area contributed by atoms with Gasteiger partial charge in [-0.05, 0) is 30.7 Å². The molecule has 0 aromatic heterocycles. The van der Waals surface area contributed by atoms with Crippen LogP contribution in [0.5, 0.6) is 5.75 Å². The fraction of sp³-hybridized carbons (Fsp3) is 0.286. The van der Waals surface area contributed by atoms with Crippen LogP contribution in [0.15, 0.2) is 53.0 Å². The number of likely N-dealkylation sites (tertiary alicyclic amines) is 1. The van der Waals surface area contributed by atoms with E-state index < -0.39 is 41.2 Å². The number of aromatic hydroxyl groups is 1. The molecule has 2 aromatic rings. The van der Waals surface area contributed by atoms with Crippen LogP contribution in [0, 0.1) is 11.8 Å². The van der Waals surface area contributed by atoms with Crippen molar-refractivity contribution in [3.05, 3.63) is 64.1 Å². The Labute approximate surface area is 175 Å². The first kappa shape index (κ1) is 19.6. The number of hydrogen-bond acceptors (Lipinski definition) is 5. The van der Waals surface area contributed by atoms with E-state index in [4.69, 9.17) is 0 Å². The van der Waals surface area contributed by atoms with Gasteiger partial charge in [-0.15, -0.1) is 0 Å². The number of phenols is 1. The van der Waals surface area contributed by atoms with Crippen molar-refractivity contribution in [1.82, 2.24) is 10.2 Å². The van der Waals surface area contributed by atoms with Crippen LogP contribution in [0.1, 0.15) is 24.1 Å². The molecule has 2 fully saturated rings. The van der Waals surface area contributed by atoms with Gasteiger partial charge in [-0.1, -0.05) is 46.3 Å². The van der Waals surface area contributed by atoms with Crippen LogP contribution in [0.3, 0.4) is 0 Å². The first-order valence-corrected chi connectivity index (χ1v) is 9.92. The smallest absolute Gasteiger partial charge is 0.324 e. The molecule has 7 nitrogen and oxygen atoms in total. The summed E-state index contributed by atoms with van der Waals surface area (Å²) in [6.45, 7) is 1.50. The number of aliphatic carboxylic acids is 1. The zero-order valence-electron chi connectivity index (χ0n) is 15.5. The highest BCUT2D eigenvalue weighted by atomic mass is 79.9. The lowest BCUT2D eigenvalue weighted by molar-refractivity contribution is -0.150. The van der Waals surface area contributed by atoms with Gasteiger partial charge in [-0.2, -0.15) is 0 Å². The van der Waals surface area contributed by atoms with Crippen LogP contribution in [0.2, 0.25) is 0 Å². The number of imide groups is 1. The Morgan fingerprint density at radius 1 is 1.17 bits per heavy atom. The molecule has 3 N–H and O–H groups in total. The third kappa shape index (κ3) is 3.03. The van der Waals surface area contributed by atoms with E-state index in [2.05, 4.69) is 21.2 Å². The normalized spacial score (nSPS) is 28.6. The summed E-state index contributed by atoms with van der Waals surface area (Å²) in [5.74, 6) is -4.23. The number of hydrogen-bond donors (Lipinski definition) is 3. The van der Waals surface area contributed by atoms with Gasteiger partial charge in [0, 0.05) is 16.1 Å². The van der Waals surface area contributed by atoms with Gasteiger partial charge < -0.3 is 10.2 Å². The van der Waals surface area contributed by atoms with Gasteiger partial charge in [0.05, 0.1) is 18.4 Å². The number of fused-ring (bicyclic) bond motifs is 1. The predicted molar refractivity (Wildman–Crippen MR) is 107 cm³/mol. The number of rotatable bonds is 4. The second-order valence-corrected chi connectivity index (χ2v) is 8.50. The Morgan fingerprint density at radius 2 is 1.86 bits per heavy atom. The highest BCUT2D eigenvalue weighted by molar-refractivity contribution is 9.10. The number of carboxylic acid groups (broad SMARTS) is 1. The zero-order chi connectivity index (χ0) is 20.9. The van der Waals surface area contributed by atoms with E-state index >= 15 is 0 Å². The summed E-state index contributed by atoms with van der Waals surface area (Å²) in [7, 11) is 0. The van der Waals surface area contributed by atoms with Gasteiger partial charge >= 0.3 is 5.97 Å². The van der Waals surface area contributed by atoms with Gasteiger partial charge in [0.1, 0.15) is 11.3 Å². The van der Waals surface area contributed by atoms with Gasteiger partial charge in [-0.25, -0.2) is 0 Å². The summed E-state index contributed by atoms with van der Waals surface area (Å²) in [6.07, 6.45) is 0. The van der Waals surface area contributed by atoms with E-state index in [1.54, 1.807) is 24.3 Å². The molecule has 2 amide bonds. The number of carbonyl (C=O) groups excluding carboxylic acids is 2. The number of carbonyl (C=O) groups is 3. The Balaban J connectivity index is 1.78. The zero-order valence-corrected chi connectivity index (χ0v) is 17.1. The average molecular weight is 459 g/mol. The average Bonchev–Trinajstić information content (AvgIpc) is 3.14.